The van der Waals surface area contributed by atoms with Gasteiger partial charge in [-0.2, -0.15) is 0 Å². The molecule has 100 valence electrons. The van der Waals surface area contributed by atoms with Crippen LogP contribution in [0, 0.1) is 11.6 Å². The molecular formula is C14H13ClF2N2. The highest BCUT2D eigenvalue weighted by atomic mass is 35.5. The van der Waals surface area contributed by atoms with Gasteiger partial charge in [0.1, 0.15) is 11.6 Å². The van der Waals surface area contributed by atoms with E-state index in [0.717, 1.165) is 5.56 Å². The highest BCUT2D eigenvalue weighted by Gasteiger charge is 2.10. The van der Waals surface area contributed by atoms with Gasteiger partial charge in [0.2, 0.25) is 0 Å². The second-order valence-electron chi connectivity index (χ2n) is 4.31. The van der Waals surface area contributed by atoms with Crippen LogP contribution in [0.1, 0.15) is 5.56 Å². The maximum absolute atomic E-state index is 13.4. The summed E-state index contributed by atoms with van der Waals surface area (Å²) in [7, 11) is 1.78. The van der Waals surface area contributed by atoms with E-state index in [9.17, 15) is 8.78 Å². The number of rotatable bonds is 3. The molecule has 19 heavy (non-hydrogen) atoms. The van der Waals surface area contributed by atoms with E-state index < -0.39 is 5.82 Å². The van der Waals surface area contributed by atoms with Gasteiger partial charge in [0, 0.05) is 19.7 Å². The minimum atomic E-state index is -0.517. The van der Waals surface area contributed by atoms with E-state index in [1.165, 1.54) is 24.3 Å². The molecule has 0 radical (unpaired) electrons. The van der Waals surface area contributed by atoms with Gasteiger partial charge in [-0.25, -0.2) is 8.78 Å². The van der Waals surface area contributed by atoms with E-state index in [0.29, 0.717) is 17.9 Å². The minimum Gasteiger partial charge on any atom is -0.397 e. The van der Waals surface area contributed by atoms with Crippen molar-refractivity contribution in [2.45, 2.75) is 6.54 Å². The van der Waals surface area contributed by atoms with E-state index in [1.54, 1.807) is 24.1 Å². The minimum absolute atomic E-state index is 0.00330. The van der Waals surface area contributed by atoms with Gasteiger partial charge >= 0.3 is 0 Å². The molecular weight excluding hydrogens is 270 g/mol. The summed E-state index contributed by atoms with van der Waals surface area (Å²) in [4.78, 5) is 1.78. The van der Waals surface area contributed by atoms with Gasteiger partial charge in [0.15, 0.2) is 0 Å². The third-order valence-electron chi connectivity index (χ3n) is 2.81. The molecule has 0 aromatic heterocycles. The lowest BCUT2D eigenvalue weighted by Crippen LogP contribution is -2.18. The Balaban J connectivity index is 2.22. The summed E-state index contributed by atoms with van der Waals surface area (Å²) in [6, 6.07) is 8.79. The lowest BCUT2D eigenvalue weighted by Gasteiger charge is -2.21. The number of hydrogen-bond acceptors (Lipinski definition) is 2. The predicted molar refractivity (Wildman–Crippen MR) is 74.3 cm³/mol. The van der Waals surface area contributed by atoms with Gasteiger partial charge in [-0.05, 0) is 23.8 Å². The molecule has 0 saturated heterocycles. The molecule has 2 N–H and O–H groups in total. The van der Waals surface area contributed by atoms with Crippen LogP contribution >= 0.6 is 11.6 Å². The second-order valence-corrected chi connectivity index (χ2v) is 4.71. The summed E-state index contributed by atoms with van der Waals surface area (Å²) >= 11 is 5.65. The molecule has 0 aliphatic carbocycles. The van der Waals surface area contributed by atoms with Crippen molar-refractivity contribution in [1.29, 1.82) is 0 Å². The van der Waals surface area contributed by atoms with Crippen molar-refractivity contribution in [3.8, 4) is 0 Å². The normalized spacial score (nSPS) is 10.5. The van der Waals surface area contributed by atoms with Gasteiger partial charge in [0.25, 0.3) is 0 Å². The maximum Gasteiger partial charge on any atom is 0.144 e. The van der Waals surface area contributed by atoms with E-state index in [1.807, 2.05) is 0 Å². The Bertz CT molecular complexity index is 585. The number of benzene rings is 2. The van der Waals surface area contributed by atoms with Crippen LogP contribution in [0.5, 0.6) is 0 Å². The van der Waals surface area contributed by atoms with Crippen LogP contribution in [-0.4, -0.2) is 7.05 Å². The molecule has 0 heterocycles. The first-order valence-electron chi connectivity index (χ1n) is 5.67. The molecule has 2 rings (SSSR count). The molecule has 0 bridgehead atoms. The molecule has 0 atom stereocenters. The van der Waals surface area contributed by atoms with Crippen LogP contribution in [0.4, 0.5) is 20.2 Å². The zero-order valence-corrected chi connectivity index (χ0v) is 11.1. The number of nitrogen functional groups attached to an aromatic ring is 1. The first-order valence-corrected chi connectivity index (χ1v) is 6.05. The van der Waals surface area contributed by atoms with Crippen molar-refractivity contribution in [2.75, 3.05) is 17.7 Å². The molecule has 0 spiro atoms. The summed E-state index contributed by atoms with van der Waals surface area (Å²) < 4.78 is 26.3. The van der Waals surface area contributed by atoms with Gasteiger partial charge in [-0.1, -0.05) is 23.7 Å². The summed E-state index contributed by atoms with van der Waals surface area (Å²) in [6.45, 7) is 0.492. The molecule has 0 aliphatic heterocycles. The molecule has 0 fully saturated rings. The molecule has 2 aromatic rings. The van der Waals surface area contributed by atoms with E-state index in [-0.39, 0.29) is 10.8 Å². The average molecular weight is 283 g/mol. The topological polar surface area (TPSA) is 29.3 Å². The SMILES string of the molecule is CN(Cc1ccc(F)cc1)c1cc(F)c(Cl)cc1N. The van der Waals surface area contributed by atoms with Crippen molar-refractivity contribution < 1.29 is 8.78 Å². The van der Waals surface area contributed by atoms with Gasteiger partial charge in [-0.15, -0.1) is 0 Å². The van der Waals surface area contributed by atoms with E-state index >= 15 is 0 Å². The van der Waals surface area contributed by atoms with Crippen molar-refractivity contribution in [2.24, 2.45) is 0 Å². The molecule has 0 unspecified atom stereocenters. The first kappa shape index (κ1) is 13.6. The van der Waals surface area contributed by atoms with Gasteiger partial charge < -0.3 is 10.6 Å². The fourth-order valence-electron chi connectivity index (χ4n) is 1.83. The Morgan fingerprint density at radius 2 is 1.79 bits per heavy atom. The smallest absolute Gasteiger partial charge is 0.144 e. The third kappa shape index (κ3) is 3.15. The van der Waals surface area contributed by atoms with Crippen molar-refractivity contribution in [3.05, 3.63) is 58.6 Å². The zero-order chi connectivity index (χ0) is 14.0. The fraction of sp³-hybridized carbons (Fsp3) is 0.143. The monoisotopic (exact) mass is 282 g/mol. The third-order valence-corrected chi connectivity index (χ3v) is 3.10. The Morgan fingerprint density at radius 3 is 2.42 bits per heavy atom. The zero-order valence-electron chi connectivity index (χ0n) is 10.3. The summed E-state index contributed by atoms with van der Waals surface area (Å²) in [6.07, 6.45) is 0. The lowest BCUT2D eigenvalue weighted by molar-refractivity contribution is 0.626. The average Bonchev–Trinajstić information content (AvgIpc) is 2.36. The summed E-state index contributed by atoms with van der Waals surface area (Å²) in [5, 5.41) is -0.00330. The molecule has 0 saturated carbocycles. The standard InChI is InChI=1S/C14H13ClF2N2/c1-19(8-9-2-4-10(16)5-3-9)14-7-12(17)11(15)6-13(14)18/h2-7H,8,18H2,1H3. The molecule has 2 aromatic carbocycles. The Morgan fingerprint density at radius 1 is 1.16 bits per heavy atom. The largest absolute Gasteiger partial charge is 0.397 e. The Kier molecular flexibility index (Phi) is 3.90. The van der Waals surface area contributed by atoms with Crippen LogP contribution in [0.15, 0.2) is 36.4 Å². The fourth-order valence-corrected chi connectivity index (χ4v) is 2.00. The lowest BCUT2D eigenvalue weighted by atomic mass is 10.2. The highest BCUT2D eigenvalue weighted by molar-refractivity contribution is 6.31. The predicted octanol–water partition coefficient (Wildman–Crippen LogP) is 3.84. The van der Waals surface area contributed by atoms with Crippen LogP contribution in [0.2, 0.25) is 5.02 Å². The van der Waals surface area contributed by atoms with E-state index in [2.05, 4.69) is 0 Å². The molecule has 0 aliphatic rings. The maximum atomic E-state index is 13.4. The van der Waals surface area contributed by atoms with Crippen LogP contribution in [-0.2, 0) is 6.54 Å². The van der Waals surface area contributed by atoms with Gasteiger partial charge in [0.05, 0.1) is 16.4 Å². The number of hydrogen-bond donors (Lipinski definition) is 1. The van der Waals surface area contributed by atoms with Crippen LogP contribution in [0.3, 0.4) is 0 Å². The number of nitrogens with two attached hydrogens (primary N) is 1. The Hall–Kier alpha value is -1.81. The number of anilines is 2. The van der Waals surface area contributed by atoms with Gasteiger partial charge in [-0.3, -0.25) is 0 Å². The first-order chi connectivity index (χ1) is 8.97. The summed E-state index contributed by atoms with van der Waals surface area (Å²) in [5.74, 6) is -0.805. The van der Waals surface area contributed by atoms with Crippen molar-refractivity contribution in [1.82, 2.24) is 0 Å². The van der Waals surface area contributed by atoms with E-state index in [4.69, 9.17) is 17.3 Å². The van der Waals surface area contributed by atoms with Crippen LogP contribution in [0.25, 0.3) is 0 Å². The number of nitrogens with zero attached hydrogens (tertiary/aromatic N) is 1. The number of halogens is 3. The quantitative estimate of drug-likeness (QED) is 0.867. The second kappa shape index (κ2) is 5.45. The molecule has 0 amide bonds. The molecule has 2 nitrogen and oxygen atoms in total. The van der Waals surface area contributed by atoms with Crippen molar-refractivity contribution >= 4 is 23.0 Å². The summed E-state index contributed by atoms with van der Waals surface area (Å²) in [5.41, 5.74) is 7.66. The molecule has 5 heteroatoms. The van der Waals surface area contributed by atoms with Crippen molar-refractivity contribution in [3.63, 3.8) is 0 Å². The highest BCUT2D eigenvalue weighted by Crippen LogP contribution is 2.29. The van der Waals surface area contributed by atoms with Crippen LogP contribution < -0.4 is 10.6 Å². The Labute approximate surface area is 115 Å².